The normalized spacial score (nSPS) is 16.9. The standard InChI is InChI=1S/C9H15ClN2O2/c10-3-1-2-9(14)12-6-4-11(8-13)5-7-12/h8H,1-7H2. The van der Waals surface area contributed by atoms with Crippen molar-refractivity contribution in [3.05, 3.63) is 0 Å². The van der Waals surface area contributed by atoms with E-state index in [0.29, 0.717) is 38.5 Å². The zero-order valence-electron chi connectivity index (χ0n) is 8.12. The molecule has 1 saturated heterocycles. The topological polar surface area (TPSA) is 40.6 Å². The average Bonchev–Trinajstić information content (AvgIpc) is 2.26. The molecule has 0 unspecified atom stereocenters. The first-order valence-corrected chi connectivity index (χ1v) is 5.34. The Hall–Kier alpha value is -0.770. The quantitative estimate of drug-likeness (QED) is 0.503. The summed E-state index contributed by atoms with van der Waals surface area (Å²) >= 11 is 5.50. The van der Waals surface area contributed by atoms with Crippen LogP contribution in [0.4, 0.5) is 0 Å². The van der Waals surface area contributed by atoms with Crippen LogP contribution in [-0.4, -0.2) is 54.2 Å². The number of hydrogen-bond acceptors (Lipinski definition) is 2. The second kappa shape index (κ2) is 5.86. The van der Waals surface area contributed by atoms with Crippen LogP contribution >= 0.6 is 11.6 Å². The van der Waals surface area contributed by atoms with Gasteiger partial charge in [0.2, 0.25) is 12.3 Å². The number of amides is 2. The van der Waals surface area contributed by atoms with E-state index >= 15 is 0 Å². The molecule has 1 aliphatic rings. The summed E-state index contributed by atoms with van der Waals surface area (Å²) in [5.41, 5.74) is 0. The minimum absolute atomic E-state index is 0.149. The molecule has 0 N–H and O–H groups in total. The highest BCUT2D eigenvalue weighted by molar-refractivity contribution is 6.17. The fourth-order valence-corrected chi connectivity index (χ4v) is 1.59. The van der Waals surface area contributed by atoms with Gasteiger partial charge in [-0.25, -0.2) is 0 Å². The van der Waals surface area contributed by atoms with Gasteiger partial charge in [0.25, 0.3) is 0 Å². The van der Waals surface area contributed by atoms with E-state index in [4.69, 9.17) is 11.6 Å². The third-order valence-corrected chi connectivity index (χ3v) is 2.61. The predicted octanol–water partition coefficient (Wildman–Crippen LogP) is 0.306. The molecule has 1 heterocycles. The van der Waals surface area contributed by atoms with E-state index in [2.05, 4.69) is 0 Å². The van der Waals surface area contributed by atoms with Gasteiger partial charge in [0.15, 0.2) is 0 Å². The largest absolute Gasteiger partial charge is 0.342 e. The molecular weight excluding hydrogens is 204 g/mol. The molecule has 4 nitrogen and oxygen atoms in total. The van der Waals surface area contributed by atoms with Crippen LogP contribution in [0.5, 0.6) is 0 Å². The summed E-state index contributed by atoms with van der Waals surface area (Å²) in [5.74, 6) is 0.677. The highest BCUT2D eigenvalue weighted by atomic mass is 35.5. The lowest BCUT2D eigenvalue weighted by molar-refractivity contribution is -0.135. The molecule has 0 aromatic heterocycles. The monoisotopic (exact) mass is 218 g/mol. The Morgan fingerprint density at radius 2 is 1.93 bits per heavy atom. The first kappa shape index (κ1) is 11.3. The van der Waals surface area contributed by atoms with Crippen LogP contribution in [-0.2, 0) is 9.59 Å². The Labute approximate surface area is 88.8 Å². The van der Waals surface area contributed by atoms with Crippen LogP contribution in [0.1, 0.15) is 12.8 Å². The predicted molar refractivity (Wildman–Crippen MR) is 54.2 cm³/mol. The second-order valence-corrected chi connectivity index (χ2v) is 3.69. The molecule has 0 aliphatic carbocycles. The van der Waals surface area contributed by atoms with Gasteiger partial charge in [-0.3, -0.25) is 9.59 Å². The van der Waals surface area contributed by atoms with E-state index in [1.807, 2.05) is 0 Å². The van der Waals surface area contributed by atoms with Gasteiger partial charge in [-0.1, -0.05) is 0 Å². The molecule has 0 radical (unpaired) electrons. The molecule has 0 spiro atoms. The number of nitrogens with zero attached hydrogens (tertiary/aromatic N) is 2. The van der Waals surface area contributed by atoms with Crippen LogP contribution in [0.25, 0.3) is 0 Å². The Morgan fingerprint density at radius 3 is 2.43 bits per heavy atom. The summed E-state index contributed by atoms with van der Waals surface area (Å²) in [7, 11) is 0. The molecule has 0 saturated carbocycles. The van der Waals surface area contributed by atoms with E-state index in [1.54, 1.807) is 9.80 Å². The molecule has 14 heavy (non-hydrogen) atoms. The van der Waals surface area contributed by atoms with Crippen molar-refractivity contribution in [1.82, 2.24) is 9.80 Å². The SMILES string of the molecule is O=CN1CCN(C(=O)CCCCl)CC1. The zero-order chi connectivity index (χ0) is 10.4. The number of carbonyl (C=O) groups excluding carboxylic acids is 2. The van der Waals surface area contributed by atoms with Crippen molar-refractivity contribution < 1.29 is 9.59 Å². The highest BCUT2D eigenvalue weighted by Crippen LogP contribution is 2.04. The molecule has 2 amide bonds. The summed E-state index contributed by atoms with van der Waals surface area (Å²) in [4.78, 5) is 25.4. The van der Waals surface area contributed by atoms with Gasteiger partial charge in [0, 0.05) is 38.5 Å². The number of halogens is 1. The summed E-state index contributed by atoms with van der Waals surface area (Å²) < 4.78 is 0. The van der Waals surface area contributed by atoms with Gasteiger partial charge < -0.3 is 9.80 Å². The average molecular weight is 219 g/mol. The van der Waals surface area contributed by atoms with Crippen LogP contribution in [0, 0.1) is 0 Å². The number of piperazine rings is 1. The minimum Gasteiger partial charge on any atom is -0.342 e. The number of rotatable bonds is 4. The van der Waals surface area contributed by atoms with Gasteiger partial charge >= 0.3 is 0 Å². The third kappa shape index (κ3) is 3.18. The third-order valence-electron chi connectivity index (χ3n) is 2.34. The first-order chi connectivity index (χ1) is 6.77. The molecule has 0 atom stereocenters. The lowest BCUT2D eigenvalue weighted by Gasteiger charge is -2.32. The van der Waals surface area contributed by atoms with Crippen molar-refractivity contribution in [3.8, 4) is 0 Å². The summed E-state index contributed by atoms with van der Waals surface area (Å²) in [6.07, 6.45) is 2.08. The highest BCUT2D eigenvalue weighted by Gasteiger charge is 2.19. The fourth-order valence-electron chi connectivity index (χ4n) is 1.45. The second-order valence-electron chi connectivity index (χ2n) is 3.31. The molecule has 1 aliphatic heterocycles. The van der Waals surface area contributed by atoms with Crippen molar-refractivity contribution in [2.75, 3.05) is 32.1 Å². The van der Waals surface area contributed by atoms with E-state index in [9.17, 15) is 9.59 Å². The molecule has 0 bridgehead atoms. The molecule has 80 valence electrons. The van der Waals surface area contributed by atoms with Crippen molar-refractivity contribution in [2.45, 2.75) is 12.8 Å². The maximum atomic E-state index is 11.5. The van der Waals surface area contributed by atoms with Crippen LogP contribution < -0.4 is 0 Å². The Balaban J connectivity index is 2.26. The van der Waals surface area contributed by atoms with Crippen molar-refractivity contribution >= 4 is 23.9 Å². The van der Waals surface area contributed by atoms with Crippen LogP contribution in [0.15, 0.2) is 0 Å². The minimum atomic E-state index is 0.149. The molecule has 0 aromatic rings. The van der Waals surface area contributed by atoms with Gasteiger partial charge in [-0.2, -0.15) is 0 Å². The Morgan fingerprint density at radius 1 is 1.29 bits per heavy atom. The maximum absolute atomic E-state index is 11.5. The fraction of sp³-hybridized carbons (Fsp3) is 0.778. The summed E-state index contributed by atoms with van der Waals surface area (Å²) in [6, 6.07) is 0. The molecule has 1 rings (SSSR count). The van der Waals surface area contributed by atoms with Gasteiger partial charge in [-0.05, 0) is 6.42 Å². The molecule has 0 aromatic carbocycles. The van der Waals surface area contributed by atoms with E-state index < -0.39 is 0 Å². The van der Waals surface area contributed by atoms with Crippen molar-refractivity contribution in [2.24, 2.45) is 0 Å². The number of hydrogen-bond donors (Lipinski definition) is 0. The molecular formula is C9H15ClN2O2. The Bertz CT molecular complexity index is 203. The molecule has 5 heteroatoms. The van der Waals surface area contributed by atoms with Gasteiger partial charge in [0.05, 0.1) is 0 Å². The summed E-state index contributed by atoms with van der Waals surface area (Å²) in [5, 5.41) is 0. The molecule has 1 fully saturated rings. The maximum Gasteiger partial charge on any atom is 0.222 e. The summed E-state index contributed by atoms with van der Waals surface area (Å²) in [6.45, 7) is 2.60. The zero-order valence-corrected chi connectivity index (χ0v) is 8.87. The van der Waals surface area contributed by atoms with E-state index in [-0.39, 0.29) is 5.91 Å². The Kier molecular flexibility index (Phi) is 4.73. The van der Waals surface area contributed by atoms with Gasteiger partial charge in [-0.15, -0.1) is 11.6 Å². The van der Waals surface area contributed by atoms with Crippen LogP contribution in [0.3, 0.4) is 0 Å². The smallest absolute Gasteiger partial charge is 0.222 e. The lowest BCUT2D eigenvalue weighted by atomic mass is 10.2. The van der Waals surface area contributed by atoms with E-state index in [0.717, 1.165) is 12.8 Å². The van der Waals surface area contributed by atoms with Gasteiger partial charge in [0.1, 0.15) is 0 Å². The van der Waals surface area contributed by atoms with E-state index in [1.165, 1.54) is 0 Å². The van der Waals surface area contributed by atoms with Crippen LogP contribution in [0.2, 0.25) is 0 Å². The first-order valence-electron chi connectivity index (χ1n) is 4.81. The number of alkyl halides is 1. The number of carbonyl (C=O) groups is 2. The van der Waals surface area contributed by atoms with Crippen molar-refractivity contribution in [3.63, 3.8) is 0 Å². The lowest BCUT2D eigenvalue weighted by Crippen LogP contribution is -2.48. The van der Waals surface area contributed by atoms with Crippen molar-refractivity contribution in [1.29, 1.82) is 0 Å².